The summed E-state index contributed by atoms with van der Waals surface area (Å²) in [4.78, 5) is 8.14. The van der Waals surface area contributed by atoms with Crippen LogP contribution in [0.25, 0.3) is 0 Å². The van der Waals surface area contributed by atoms with Crippen LogP contribution in [0.5, 0.6) is 0 Å². The molecule has 0 radical (unpaired) electrons. The maximum Gasteiger partial charge on any atom is 0.223 e. The summed E-state index contributed by atoms with van der Waals surface area (Å²) in [5.41, 5.74) is 5.60. The number of nitrogens with one attached hydrogen (secondary N) is 2. The molecular formula is C10H19N5O. The first kappa shape index (κ1) is 12.5. The number of methoxy groups -OCH3 is 1. The van der Waals surface area contributed by atoms with Crippen LogP contribution in [-0.4, -0.2) is 36.3 Å². The van der Waals surface area contributed by atoms with E-state index in [0.29, 0.717) is 12.4 Å². The van der Waals surface area contributed by atoms with Crippen LogP contribution in [0, 0.1) is 0 Å². The van der Waals surface area contributed by atoms with Gasteiger partial charge in [0.05, 0.1) is 6.10 Å². The quantitative estimate of drug-likeness (QED) is 0.668. The van der Waals surface area contributed by atoms with Crippen LogP contribution in [0.2, 0.25) is 0 Å². The van der Waals surface area contributed by atoms with E-state index >= 15 is 0 Å². The van der Waals surface area contributed by atoms with Gasteiger partial charge in [-0.25, -0.2) is 0 Å². The van der Waals surface area contributed by atoms with Gasteiger partial charge in [-0.15, -0.1) is 0 Å². The lowest BCUT2D eigenvalue weighted by atomic mass is 10.4. The molecule has 1 rings (SSSR count). The highest BCUT2D eigenvalue weighted by Gasteiger charge is 2.03. The van der Waals surface area contributed by atoms with Crippen molar-refractivity contribution in [2.24, 2.45) is 0 Å². The molecule has 0 aliphatic rings. The summed E-state index contributed by atoms with van der Waals surface area (Å²) in [6.07, 6.45) is 0.124. The molecular weight excluding hydrogens is 206 g/mol. The zero-order chi connectivity index (χ0) is 12.0. The van der Waals surface area contributed by atoms with Crippen LogP contribution in [0.1, 0.15) is 13.8 Å². The summed E-state index contributed by atoms with van der Waals surface area (Å²) in [6.45, 7) is 5.45. The standard InChI is InChI=1S/C10H19N5O/c1-4-12-8-5-9(15-10(11)14-8)13-6-7(2)16-3/h5,7H,4,6H2,1-3H3,(H4,11,12,13,14,15). The molecule has 0 aliphatic carbocycles. The second kappa shape index (κ2) is 6.12. The number of anilines is 3. The van der Waals surface area contributed by atoms with Gasteiger partial charge < -0.3 is 21.1 Å². The van der Waals surface area contributed by atoms with Crippen molar-refractivity contribution in [3.8, 4) is 0 Å². The van der Waals surface area contributed by atoms with E-state index in [1.54, 1.807) is 7.11 Å². The Kier molecular flexibility index (Phi) is 4.78. The van der Waals surface area contributed by atoms with Gasteiger partial charge in [-0.3, -0.25) is 0 Å². The SMILES string of the molecule is CCNc1cc(NCC(C)OC)nc(N)n1. The number of nitrogens with zero attached hydrogens (tertiary/aromatic N) is 2. The van der Waals surface area contributed by atoms with Crippen LogP contribution in [-0.2, 0) is 4.74 Å². The maximum absolute atomic E-state index is 5.60. The largest absolute Gasteiger partial charge is 0.380 e. The minimum Gasteiger partial charge on any atom is -0.380 e. The first-order valence-corrected chi connectivity index (χ1v) is 5.30. The number of hydrogen-bond donors (Lipinski definition) is 3. The van der Waals surface area contributed by atoms with E-state index in [4.69, 9.17) is 10.5 Å². The van der Waals surface area contributed by atoms with Crippen molar-refractivity contribution < 1.29 is 4.74 Å². The Hall–Kier alpha value is -1.56. The summed E-state index contributed by atoms with van der Waals surface area (Å²) in [5, 5.41) is 6.23. The molecule has 0 spiro atoms. The van der Waals surface area contributed by atoms with Crippen LogP contribution in [0.15, 0.2) is 6.07 Å². The number of ether oxygens (including phenoxy) is 1. The lowest BCUT2D eigenvalue weighted by Crippen LogP contribution is -2.19. The number of aromatic nitrogens is 2. The van der Waals surface area contributed by atoms with Gasteiger partial charge in [0, 0.05) is 26.3 Å². The van der Waals surface area contributed by atoms with Crippen LogP contribution < -0.4 is 16.4 Å². The Labute approximate surface area is 95.6 Å². The molecule has 0 fully saturated rings. The average molecular weight is 225 g/mol. The van der Waals surface area contributed by atoms with Crippen molar-refractivity contribution in [2.75, 3.05) is 36.6 Å². The Morgan fingerprint density at radius 2 is 2.00 bits per heavy atom. The lowest BCUT2D eigenvalue weighted by molar-refractivity contribution is 0.128. The fourth-order valence-corrected chi connectivity index (χ4v) is 1.16. The molecule has 6 heteroatoms. The number of hydrogen-bond acceptors (Lipinski definition) is 6. The number of rotatable bonds is 6. The number of nitrogens with two attached hydrogens (primary N) is 1. The van der Waals surface area contributed by atoms with Crippen LogP contribution in [0.4, 0.5) is 17.6 Å². The molecule has 0 bridgehead atoms. The van der Waals surface area contributed by atoms with Crippen LogP contribution in [0.3, 0.4) is 0 Å². The normalized spacial score (nSPS) is 12.2. The third-order valence-electron chi connectivity index (χ3n) is 2.07. The number of nitrogen functional groups attached to an aromatic ring is 1. The molecule has 0 amide bonds. The molecule has 4 N–H and O–H groups in total. The third kappa shape index (κ3) is 3.90. The Balaban J connectivity index is 2.64. The van der Waals surface area contributed by atoms with Gasteiger partial charge >= 0.3 is 0 Å². The first-order chi connectivity index (χ1) is 7.65. The smallest absolute Gasteiger partial charge is 0.223 e. The van der Waals surface area contributed by atoms with Crippen molar-refractivity contribution >= 4 is 17.6 Å². The monoisotopic (exact) mass is 225 g/mol. The Morgan fingerprint density at radius 1 is 1.38 bits per heavy atom. The molecule has 90 valence electrons. The van der Waals surface area contributed by atoms with Gasteiger partial charge in [-0.05, 0) is 13.8 Å². The predicted octanol–water partition coefficient (Wildman–Crippen LogP) is 0.937. The van der Waals surface area contributed by atoms with Crippen molar-refractivity contribution in [1.82, 2.24) is 9.97 Å². The highest BCUT2D eigenvalue weighted by molar-refractivity contribution is 5.50. The average Bonchev–Trinajstić information content (AvgIpc) is 2.25. The highest BCUT2D eigenvalue weighted by atomic mass is 16.5. The molecule has 1 heterocycles. The fraction of sp³-hybridized carbons (Fsp3) is 0.600. The van der Waals surface area contributed by atoms with Gasteiger partial charge in [0.1, 0.15) is 11.6 Å². The van der Waals surface area contributed by atoms with Gasteiger partial charge in [0.25, 0.3) is 0 Å². The molecule has 1 atom stereocenters. The summed E-state index contributed by atoms with van der Waals surface area (Å²) in [7, 11) is 1.67. The minimum absolute atomic E-state index is 0.124. The fourth-order valence-electron chi connectivity index (χ4n) is 1.16. The van der Waals surface area contributed by atoms with E-state index in [2.05, 4.69) is 20.6 Å². The molecule has 0 aliphatic heterocycles. The zero-order valence-corrected chi connectivity index (χ0v) is 9.95. The summed E-state index contributed by atoms with van der Waals surface area (Å²) in [6, 6.07) is 1.82. The lowest BCUT2D eigenvalue weighted by Gasteiger charge is -2.12. The summed E-state index contributed by atoms with van der Waals surface area (Å²) >= 11 is 0. The van der Waals surface area contributed by atoms with Gasteiger partial charge in [0.2, 0.25) is 5.95 Å². The minimum atomic E-state index is 0.124. The zero-order valence-electron chi connectivity index (χ0n) is 9.95. The van der Waals surface area contributed by atoms with Crippen molar-refractivity contribution in [1.29, 1.82) is 0 Å². The van der Waals surface area contributed by atoms with Crippen molar-refractivity contribution in [3.05, 3.63) is 6.07 Å². The van der Waals surface area contributed by atoms with E-state index in [-0.39, 0.29) is 12.1 Å². The Bertz CT molecular complexity index is 331. The van der Waals surface area contributed by atoms with Crippen molar-refractivity contribution in [3.63, 3.8) is 0 Å². The molecule has 6 nitrogen and oxygen atoms in total. The molecule has 0 saturated heterocycles. The topological polar surface area (TPSA) is 85.1 Å². The molecule has 1 aromatic heterocycles. The summed E-state index contributed by atoms with van der Waals surface area (Å²) in [5.74, 6) is 1.68. The molecule has 1 aromatic rings. The van der Waals surface area contributed by atoms with Crippen molar-refractivity contribution in [2.45, 2.75) is 20.0 Å². The van der Waals surface area contributed by atoms with E-state index in [1.165, 1.54) is 0 Å². The summed E-state index contributed by atoms with van der Waals surface area (Å²) < 4.78 is 5.13. The third-order valence-corrected chi connectivity index (χ3v) is 2.07. The van der Waals surface area contributed by atoms with E-state index in [1.807, 2.05) is 19.9 Å². The molecule has 0 saturated carbocycles. The second-order valence-corrected chi connectivity index (χ2v) is 3.45. The predicted molar refractivity (Wildman–Crippen MR) is 65.6 cm³/mol. The Morgan fingerprint density at radius 3 is 2.56 bits per heavy atom. The maximum atomic E-state index is 5.60. The van der Waals surface area contributed by atoms with E-state index < -0.39 is 0 Å². The van der Waals surface area contributed by atoms with Gasteiger partial charge in [-0.1, -0.05) is 0 Å². The van der Waals surface area contributed by atoms with E-state index in [0.717, 1.165) is 12.4 Å². The molecule has 0 aromatic carbocycles. The van der Waals surface area contributed by atoms with E-state index in [9.17, 15) is 0 Å². The molecule has 1 unspecified atom stereocenters. The van der Waals surface area contributed by atoms with Gasteiger partial charge in [0.15, 0.2) is 0 Å². The first-order valence-electron chi connectivity index (χ1n) is 5.30. The van der Waals surface area contributed by atoms with Gasteiger partial charge in [-0.2, -0.15) is 9.97 Å². The second-order valence-electron chi connectivity index (χ2n) is 3.45. The van der Waals surface area contributed by atoms with Crippen LogP contribution >= 0.6 is 0 Å². The molecule has 16 heavy (non-hydrogen) atoms. The highest BCUT2D eigenvalue weighted by Crippen LogP contribution is 2.12.